The average Bonchev–Trinajstić information content (AvgIpc) is 2.27. The number of thiocarbonyl (C=S) groups is 1. The molecule has 14 heavy (non-hydrogen) atoms. The molecule has 1 atom stereocenters. The standard InChI is InChI=1S/C9H16F2N2S/c1-6(2)12-8(14)13-7-3-4-9(10,11)5-7/h6-7H,3-5H2,1-2H3,(H2,12,13,14). The summed E-state index contributed by atoms with van der Waals surface area (Å²) in [7, 11) is 0. The lowest BCUT2D eigenvalue weighted by Crippen LogP contribution is -2.43. The van der Waals surface area contributed by atoms with Gasteiger partial charge in [-0.05, 0) is 32.5 Å². The molecule has 0 bridgehead atoms. The molecule has 1 fully saturated rings. The Hall–Kier alpha value is -0.450. The molecule has 0 saturated heterocycles. The lowest BCUT2D eigenvalue weighted by molar-refractivity contribution is 0.00748. The molecule has 1 aliphatic carbocycles. The molecule has 0 spiro atoms. The van der Waals surface area contributed by atoms with E-state index in [2.05, 4.69) is 10.6 Å². The normalized spacial score (nSPS) is 25.1. The predicted octanol–water partition coefficient (Wildman–Crippen LogP) is 2.05. The molecule has 1 unspecified atom stereocenters. The molecule has 2 nitrogen and oxygen atoms in total. The Morgan fingerprint density at radius 2 is 2.14 bits per heavy atom. The van der Waals surface area contributed by atoms with Crippen LogP contribution in [0, 0.1) is 0 Å². The fourth-order valence-corrected chi connectivity index (χ4v) is 1.96. The van der Waals surface area contributed by atoms with Crippen LogP contribution in [-0.2, 0) is 0 Å². The van der Waals surface area contributed by atoms with Crippen LogP contribution in [0.15, 0.2) is 0 Å². The molecule has 0 heterocycles. The number of hydrogen-bond donors (Lipinski definition) is 2. The highest BCUT2D eigenvalue weighted by Crippen LogP contribution is 2.34. The van der Waals surface area contributed by atoms with E-state index in [1.54, 1.807) is 0 Å². The van der Waals surface area contributed by atoms with E-state index in [0.717, 1.165) is 0 Å². The lowest BCUT2D eigenvalue weighted by atomic mass is 10.2. The fraction of sp³-hybridized carbons (Fsp3) is 0.889. The molecule has 1 aliphatic rings. The van der Waals surface area contributed by atoms with Crippen molar-refractivity contribution in [3.05, 3.63) is 0 Å². The van der Waals surface area contributed by atoms with Crippen LogP contribution in [0.2, 0.25) is 0 Å². The highest BCUT2D eigenvalue weighted by Gasteiger charge is 2.39. The molecular formula is C9H16F2N2S. The van der Waals surface area contributed by atoms with Crippen LogP contribution in [-0.4, -0.2) is 23.1 Å². The Bertz CT molecular complexity index is 219. The van der Waals surface area contributed by atoms with Gasteiger partial charge in [-0.2, -0.15) is 0 Å². The van der Waals surface area contributed by atoms with Gasteiger partial charge in [-0.1, -0.05) is 0 Å². The Morgan fingerprint density at radius 1 is 1.50 bits per heavy atom. The molecule has 0 aromatic carbocycles. The van der Waals surface area contributed by atoms with E-state index in [1.807, 2.05) is 13.8 Å². The highest BCUT2D eigenvalue weighted by atomic mass is 32.1. The molecule has 0 aliphatic heterocycles. The van der Waals surface area contributed by atoms with Crippen molar-refractivity contribution in [3.63, 3.8) is 0 Å². The van der Waals surface area contributed by atoms with Gasteiger partial charge >= 0.3 is 0 Å². The van der Waals surface area contributed by atoms with E-state index in [4.69, 9.17) is 12.2 Å². The maximum absolute atomic E-state index is 12.8. The van der Waals surface area contributed by atoms with Gasteiger partial charge in [-0.25, -0.2) is 8.78 Å². The minimum atomic E-state index is -2.51. The van der Waals surface area contributed by atoms with Crippen molar-refractivity contribution < 1.29 is 8.78 Å². The maximum atomic E-state index is 12.8. The van der Waals surface area contributed by atoms with Crippen molar-refractivity contribution in [1.29, 1.82) is 0 Å². The maximum Gasteiger partial charge on any atom is 0.250 e. The summed E-state index contributed by atoms with van der Waals surface area (Å²) in [5, 5.41) is 6.35. The van der Waals surface area contributed by atoms with E-state index >= 15 is 0 Å². The van der Waals surface area contributed by atoms with Crippen LogP contribution in [0.3, 0.4) is 0 Å². The quantitative estimate of drug-likeness (QED) is 0.699. The molecule has 1 rings (SSSR count). The lowest BCUT2D eigenvalue weighted by Gasteiger charge is -2.17. The van der Waals surface area contributed by atoms with Gasteiger partial charge in [0.1, 0.15) is 0 Å². The third-order valence-corrected chi connectivity index (χ3v) is 2.39. The van der Waals surface area contributed by atoms with Gasteiger partial charge in [-0.3, -0.25) is 0 Å². The first-order valence-corrected chi connectivity index (χ1v) is 5.25. The van der Waals surface area contributed by atoms with Gasteiger partial charge in [-0.15, -0.1) is 0 Å². The Labute approximate surface area is 88.4 Å². The van der Waals surface area contributed by atoms with Gasteiger partial charge < -0.3 is 10.6 Å². The van der Waals surface area contributed by atoms with Crippen LogP contribution >= 0.6 is 12.2 Å². The minimum Gasteiger partial charge on any atom is -0.361 e. The summed E-state index contributed by atoms with van der Waals surface area (Å²) < 4.78 is 25.6. The fourth-order valence-electron chi connectivity index (χ4n) is 1.56. The Balaban J connectivity index is 2.29. The second kappa shape index (κ2) is 4.38. The van der Waals surface area contributed by atoms with Gasteiger partial charge in [0.25, 0.3) is 0 Å². The molecular weight excluding hydrogens is 206 g/mol. The van der Waals surface area contributed by atoms with Crippen LogP contribution in [0.5, 0.6) is 0 Å². The summed E-state index contributed by atoms with van der Waals surface area (Å²) in [5.41, 5.74) is 0. The zero-order chi connectivity index (χ0) is 10.8. The summed E-state index contributed by atoms with van der Waals surface area (Å²) in [6.07, 6.45) is 0.356. The summed E-state index contributed by atoms with van der Waals surface area (Å²) in [6, 6.07) is 0.0562. The third kappa shape index (κ3) is 3.74. The van der Waals surface area contributed by atoms with Gasteiger partial charge in [0.2, 0.25) is 5.92 Å². The van der Waals surface area contributed by atoms with Crippen molar-refractivity contribution in [3.8, 4) is 0 Å². The van der Waals surface area contributed by atoms with Crippen LogP contribution in [0.4, 0.5) is 8.78 Å². The number of halogens is 2. The molecule has 0 radical (unpaired) electrons. The van der Waals surface area contributed by atoms with E-state index in [1.165, 1.54) is 0 Å². The smallest absolute Gasteiger partial charge is 0.250 e. The SMILES string of the molecule is CC(C)NC(=S)NC1CCC(F)(F)C1. The predicted molar refractivity (Wildman–Crippen MR) is 56.6 cm³/mol. The van der Waals surface area contributed by atoms with Crippen molar-refractivity contribution >= 4 is 17.3 Å². The number of rotatable bonds is 2. The van der Waals surface area contributed by atoms with E-state index in [9.17, 15) is 8.78 Å². The molecule has 1 saturated carbocycles. The first-order valence-electron chi connectivity index (χ1n) is 4.84. The minimum absolute atomic E-state index is 0.0328. The van der Waals surface area contributed by atoms with E-state index < -0.39 is 5.92 Å². The Kier molecular flexibility index (Phi) is 3.64. The Morgan fingerprint density at radius 3 is 2.57 bits per heavy atom. The molecule has 82 valence electrons. The van der Waals surface area contributed by atoms with Gasteiger partial charge in [0.05, 0.1) is 0 Å². The topological polar surface area (TPSA) is 24.1 Å². The molecule has 2 N–H and O–H groups in total. The highest BCUT2D eigenvalue weighted by molar-refractivity contribution is 7.80. The van der Waals surface area contributed by atoms with Crippen molar-refractivity contribution in [2.45, 2.75) is 51.1 Å². The van der Waals surface area contributed by atoms with Crippen LogP contribution < -0.4 is 10.6 Å². The molecule has 0 aromatic heterocycles. The number of hydrogen-bond acceptors (Lipinski definition) is 1. The van der Waals surface area contributed by atoms with Gasteiger partial charge in [0.15, 0.2) is 5.11 Å². The van der Waals surface area contributed by atoms with E-state index in [0.29, 0.717) is 11.5 Å². The first kappa shape index (κ1) is 11.6. The largest absolute Gasteiger partial charge is 0.361 e. The third-order valence-electron chi connectivity index (χ3n) is 2.16. The summed E-state index contributed by atoms with van der Waals surface area (Å²) in [6.45, 7) is 3.91. The summed E-state index contributed by atoms with van der Waals surface area (Å²) in [5.74, 6) is -2.51. The van der Waals surface area contributed by atoms with Gasteiger partial charge in [0, 0.05) is 24.9 Å². The second-order valence-corrected chi connectivity index (χ2v) is 4.48. The average molecular weight is 222 g/mol. The zero-order valence-electron chi connectivity index (χ0n) is 8.44. The summed E-state index contributed by atoms with van der Waals surface area (Å²) >= 11 is 4.97. The second-order valence-electron chi connectivity index (χ2n) is 4.07. The first-order chi connectivity index (χ1) is 6.39. The zero-order valence-corrected chi connectivity index (χ0v) is 9.26. The van der Waals surface area contributed by atoms with E-state index in [-0.39, 0.29) is 24.9 Å². The number of alkyl halides is 2. The van der Waals surface area contributed by atoms with Crippen molar-refractivity contribution in [2.24, 2.45) is 0 Å². The number of nitrogens with one attached hydrogen (secondary N) is 2. The molecule has 0 amide bonds. The van der Waals surface area contributed by atoms with Crippen molar-refractivity contribution in [2.75, 3.05) is 0 Å². The van der Waals surface area contributed by atoms with Crippen LogP contribution in [0.25, 0.3) is 0 Å². The van der Waals surface area contributed by atoms with Crippen LogP contribution in [0.1, 0.15) is 33.1 Å². The molecule has 5 heteroatoms. The summed E-state index contributed by atoms with van der Waals surface area (Å²) in [4.78, 5) is 0. The van der Waals surface area contributed by atoms with Crippen molar-refractivity contribution in [1.82, 2.24) is 10.6 Å². The monoisotopic (exact) mass is 222 g/mol. The molecule has 0 aromatic rings.